The number of nitrogens with zero attached hydrogens (tertiary/aromatic N) is 1. The average molecular weight is 244 g/mol. The predicted molar refractivity (Wildman–Crippen MR) is 78.8 cm³/mol. The van der Waals surface area contributed by atoms with Crippen LogP contribution in [0, 0.1) is 5.92 Å². The summed E-state index contributed by atoms with van der Waals surface area (Å²) >= 11 is 0. The van der Waals surface area contributed by atoms with Crippen LogP contribution in [0.2, 0.25) is 0 Å². The molecule has 0 radical (unpaired) electrons. The molecule has 1 aromatic carbocycles. The van der Waals surface area contributed by atoms with Crippen molar-refractivity contribution in [3.05, 3.63) is 36.0 Å². The summed E-state index contributed by atoms with van der Waals surface area (Å²) in [5.74, 6) is 0.734. The summed E-state index contributed by atoms with van der Waals surface area (Å²) in [7, 11) is 0. The zero-order chi connectivity index (χ0) is 13.0. The molecule has 1 aromatic heterocycles. The zero-order valence-electron chi connectivity index (χ0n) is 11.7. The molecule has 1 atom stereocenters. The van der Waals surface area contributed by atoms with E-state index < -0.39 is 0 Å². The SMILES string of the molecule is CCNCc1cccc2c1ccn2CC(C)CC. The van der Waals surface area contributed by atoms with E-state index in [1.807, 2.05) is 0 Å². The highest BCUT2D eigenvalue weighted by atomic mass is 15.0. The number of rotatable bonds is 6. The van der Waals surface area contributed by atoms with Crippen LogP contribution >= 0.6 is 0 Å². The van der Waals surface area contributed by atoms with E-state index in [4.69, 9.17) is 0 Å². The highest BCUT2D eigenvalue weighted by Gasteiger charge is 2.07. The van der Waals surface area contributed by atoms with Crippen molar-refractivity contribution in [2.24, 2.45) is 5.92 Å². The Morgan fingerprint density at radius 2 is 2.06 bits per heavy atom. The van der Waals surface area contributed by atoms with Gasteiger partial charge in [-0.25, -0.2) is 0 Å². The smallest absolute Gasteiger partial charge is 0.0483 e. The summed E-state index contributed by atoms with van der Waals surface area (Å²) in [4.78, 5) is 0. The van der Waals surface area contributed by atoms with Crippen molar-refractivity contribution in [2.75, 3.05) is 6.54 Å². The number of hydrogen-bond acceptors (Lipinski definition) is 1. The minimum absolute atomic E-state index is 0.734. The molecule has 18 heavy (non-hydrogen) atoms. The predicted octanol–water partition coefficient (Wildman–Crippen LogP) is 3.80. The summed E-state index contributed by atoms with van der Waals surface area (Å²) in [6, 6.07) is 8.87. The fourth-order valence-corrected chi connectivity index (χ4v) is 2.33. The molecule has 2 nitrogen and oxygen atoms in total. The molecule has 2 aromatic rings. The molecule has 0 spiro atoms. The molecular weight excluding hydrogens is 220 g/mol. The van der Waals surface area contributed by atoms with E-state index >= 15 is 0 Å². The van der Waals surface area contributed by atoms with Crippen LogP contribution in [0.25, 0.3) is 10.9 Å². The molecule has 0 aliphatic heterocycles. The Labute approximate surface area is 110 Å². The number of fused-ring (bicyclic) bond motifs is 1. The van der Waals surface area contributed by atoms with Crippen molar-refractivity contribution in [1.29, 1.82) is 0 Å². The Bertz CT molecular complexity index is 499. The largest absolute Gasteiger partial charge is 0.347 e. The van der Waals surface area contributed by atoms with E-state index in [0.717, 1.165) is 25.6 Å². The Morgan fingerprint density at radius 1 is 1.22 bits per heavy atom. The Morgan fingerprint density at radius 3 is 2.78 bits per heavy atom. The molecule has 0 aliphatic rings. The average Bonchev–Trinajstić information content (AvgIpc) is 2.80. The molecule has 2 rings (SSSR count). The van der Waals surface area contributed by atoms with E-state index in [1.54, 1.807) is 0 Å². The topological polar surface area (TPSA) is 17.0 Å². The van der Waals surface area contributed by atoms with Gasteiger partial charge in [-0.1, -0.05) is 39.3 Å². The molecule has 0 bridgehead atoms. The van der Waals surface area contributed by atoms with Gasteiger partial charge in [-0.05, 0) is 30.2 Å². The molecule has 1 heterocycles. The van der Waals surface area contributed by atoms with Crippen LogP contribution < -0.4 is 5.32 Å². The van der Waals surface area contributed by atoms with Crippen molar-refractivity contribution < 1.29 is 0 Å². The lowest BCUT2D eigenvalue weighted by molar-refractivity contribution is 0.477. The molecule has 0 amide bonds. The van der Waals surface area contributed by atoms with Gasteiger partial charge in [-0.15, -0.1) is 0 Å². The van der Waals surface area contributed by atoms with Gasteiger partial charge in [0.2, 0.25) is 0 Å². The van der Waals surface area contributed by atoms with Crippen LogP contribution in [0.5, 0.6) is 0 Å². The lowest BCUT2D eigenvalue weighted by Gasteiger charge is -2.11. The van der Waals surface area contributed by atoms with E-state index in [-0.39, 0.29) is 0 Å². The van der Waals surface area contributed by atoms with Crippen molar-refractivity contribution >= 4 is 10.9 Å². The molecule has 1 unspecified atom stereocenters. The van der Waals surface area contributed by atoms with E-state index in [1.165, 1.54) is 22.9 Å². The van der Waals surface area contributed by atoms with Gasteiger partial charge < -0.3 is 9.88 Å². The van der Waals surface area contributed by atoms with Gasteiger partial charge in [-0.2, -0.15) is 0 Å². The van der Waals surface area contributed by atoms with Crippen molar-refractivity contribution in [3.8, 4) is 0 Å². The van der Waals surface area contributed by atoms with Gasteiger partial charge in [0.25, 0.3) is 0 Å². The van der Waals surface area contributed by atoms with E-state index in [2.05, 4.69) is 61.1 Å². The normalized spacial score (nSPS) is 13.1. The van der Waals surface area contributed by atoms with Crippen LogP contribution in [-0.4, -0.2) is 11.1 Å². The number of hydrogen-bond donors (Lipinski definition) is 1. The highest BCUT2D eigenvalue weighted by molar-refractivity contribution is 5.83. The summed E-state index contributed by atoms with van der Waals surface area (Å²) in [5.41, 5.74) is 2.77. The summed E-state index contributed by atoms with van der Waals surface area (Å²) in [6.45, 7) is 9.81. The third-order valence-electron chi connectivity index (χ3n) is 3.67. The fraction of sp³-hybridized carbons (Fsp3) is 0.500. The number of benzene rings is 1. The molecule has 1 N–H and O–H groups in total. The van der Waals surface area contributed by atoms with Gasteiger partial charge in [-0.3, -0.25) is 0 Å². The van der Waals surface area contributed by atoms with E-state index in [0.29, 0.717) is 0 Å². The summed E-state index contributed by atoms with van der Waals surface area (Å²) in [6.07, 6.45) is 3.46. The molecule has 0 saturated carbocycles. The van der Waals surface area contributed by atoms with Crippen LogP contribution in [0.15, 0.2) is 30.5 Å². The lowest BCUT2D eigenvalue weighted by atomic mass is 10.1. The standard InChI is InChI=1S/C16H24N2/c1-4-13(3)12-18-10-9-15-14(11-17-5-2)7-6-8-16(15)18/h6-10,13,17H,4-5,11-12H2,1-3H3. The minimum Gasteiger partial charge on any atom is -0.347 e. The molecular formula is C16H24N2. The Kier molecular flexibility index (Phi) is 4.43. The maximum absolute atomic E-state index is 3.41. The van der Waals surface area contributed by atoms with Gasteiger partial charge >= 0.3 is 0 Å². The van der Waals surface area contributed by atoms with Crippen molar-refractivity contribution in [2.45, 2.75) is 40.3 Å². The first-order valence-corrected chi connectivity index (χ1v) is 7.03. The highest BCUT2D eigenvalue weighted by Crippen LogP contribution is 2.21. The third kappa shape index (κ3) is 2.75. The first-order chi connectivity index (χ1) is 8.76. The second-order valence-corrected chi connectivity index (χ2v) is 5.11. The summed E-state index contributed by atoms with van der Waals surface area (Å²) in [5, 5.41) is 4.80. The van der Waals surface area contributed by atoms with Gasteiger partial charge in [0.05, 0.1) is 0 Å². The van der Waals surface area contributed by atoms with E-state index in [9.17, 15) is 0 Å². The molecule has 2 heteroatoms. The van der Waals surface area contributed by atoms with Crippen LogP contribution in [0.4, 0.5) is 0 Å². The van der Waals surface area contributed by atoms with Crippen molar-refractivity contribution in [1.82, 2.24) is 9.88 Å². The zero-order valence-corrected chi connectivity index (χ0v) is 11.7. The molecule has 98 valence electrons. The monoisotopic (exact) mass is 244 g/mol. The Hall–Kier alpha value is -1.28. The Balaban J connectivity index is 2.29. The second kappa shape index (κ2) is 6.05. The lowest BCUT2D eigenvalue weighted by Crippen LogP contribution is -2.12. The van der Waals surface area contributed by atoms with Gasteiger partial charge in [0.1, 0.15) is 0 Å². The summed E-state index contributed by atoms with van der Waals surface area (Å²) < 4.78 is 2.39. The third-order valence-corrected chi connectivity index (χ3v) is 3.67. The maximum Gasteiger partial charge on any atom is 0.0483 e. The van der Waals surface area contributed by atoms with Crippen LogP contribution in [0.3, 0.4) is 0 Å². The van der Waals surface area contributed by atoms with Gasteiger partial charge in [0, 0.05) is 30.2 Å². The van der Waals surface area contributed by atoms with Crippen molar-refractivity contribution in [3.63, 3.8) is 0 Å². The first kappa shape index (κ1) is 13.2. The first-order valence-electron chi connectivity index (χ1n) is 7.03. The van der Waals surface area contributed by atoms with Crippen LogP contribution in [0.1, 0.15) is 32.8 Å². The second-order valence-electron chi connectivity index (χ2n) is 5.11. The molecule has 0 saturated heterocycles. The van der Waals surface area contributed by atoms with Gasteiger partial charge in [0.15, 0.2) is 0 Å². The minimum atomic E-state index is 0.734. The fourth-order valence-electron chi connectivity index (χ4n) is 2.33. The number of aromatic nitrogens is 1. The molecule has 0 fully saturated rings. The molecule has 0 aliphatic carbocycles. The quantitative estimate of drug-likeness (QED) is 0.818. The van der Waals surface area contributed by atoms with Crippen LogP contribution in [-0.2, 0) is 13.1 Å². The maximum atomic E-state index is 3.41. The number of nitrogens with one attached hydrogen (secondary N) is 1.